The summed E-state index contributed by atoms with van der Waals surface area (Å²) in [6, 6.07) is 7.58. The van der Waals surface area contributed by atoms with Crippen molar-refractivity contribution in [2.75, 3.05) is 7.11 Å². The van der Waals surface area contributed by atoms with Gasteiger partial charge in [-0.05, 0) is 24.1 Å². The SMILES string of the molecule is CCc1sc2ncn(CCC(=O)O)c(=O)c2c1-c1cccc(OC)c1. The van der Waals surface area contributed by atoms with Crippen molar-refractivity contribution in [3.63, 3.8) is 0 Å². The quantitative estimate of drug-likeness (QED) is 0.732. The molecule has 1 aromatic carbocycles. The lowest BCUT2D eigenvalue weighted by Gasteiger charge is -2.07. The van der Waals surface area contributed by atoms with Crippen LogP contribution in [0.15, 0.2) is 35.4 Å². The molecule has 3 aromatic rings. The molecule has 0 aliphatic rings. The van der Waals surface area contributed by atoms with E-state index in [0.29, 0.717) is 16.0 Å². The summed E-state index contributed by atoms with van der Waals surface area (Å²) in [6.07, 6.45) is 2.09. The van der Waals surface area contributed by atoms with Crippen molar-refractivity contribution in [3.8, 4) is 16.9 Å². The fourth-order valence-corrected chi connectivity index (χ4v) is 3.87. The predicted octanol–water partition coefficient (Wildman–Crippen LogP) is 3.17. The van der Waals surface area contributed by atoms with Gasteiger partial charge < -0.3 is 9.84 Å². The van der Waals surface area contributed by atoms with Gasteiger partial charge in [0.25, 0.3) is 5.56 Å². The molecule has 2 heterocycles. The zero-order valence-electron chi connectivity index (χ0n) is 14.0. The van der Waals surface area contributed by atoms with E-state index in [2.05, 4.69) is 4.98 Å². The highest BCUT2D eigenvalue weighted by Gasteiger charge is 2.18. The predicted molar refractivity (Wildman–Crippen MR) is 97.5 cm³/mol. The number of thiophene rings is 1. The molecule has 0 aliphatic heterocycles. The molecule has 0 bridgehead atoms. The Morgan fingerprint density at radius 2 is 2.20 bits per heavy atom. The number of methoxy groups -OCH3 is 1. The van der Waals surface area contributed by atoms with E-state index in [9.17, 15) is 9.59 Å². The van der Waals surface area contributed by atoms with Gasteiger partial charge in [0, 0.05) is 17.0 Å². The summed E-state index contributed by atoms with van der Waals surface area (Å²) in [4.78, 5) is 29.9. The van der Waals surface area contributed by atoms with Crippen LogP contribution in [0.1, 0.15) is 18.2 Å². The third kappa shape index (κ3) is 3.28. The zero-order valence-corrected chi connectivity index (χ0v) is 14.8. The fourth-order valence-electron chi connectivity index (χ4n) is 2.78. The van der Waals surface area contributed by atoms with E-state index in [4.69, 9.17) is 9.84 Å². The second-order valence-electron chi connectivity index (χ2n) is 5.55. The molecule has 0 aliphatic carbocycles. The van der Waals surface area contributed by atoms with Crippen molar-refractivity contribution >= 4 is 27.5 Å². The van der Waals surface area contributed by atoms with E-state index in [-0.39, 0.29) is 18.5 Å². The summed E-state index contributed by atoms with van der Waals surface area (Å²) in [7, 11) is 1.60. The first-order chi connectivity index (χ1) is 12.0. The summed E-state index contributed by atoms with van der Waals surface area (Å²) in [5.74, 6) is -0.228. The Bertz CT molecular complexity index is 990. The van der Waals surface area contributed by atoms with Crippen molar-refractivity contribution < 1.29 is 14.6 Å². The Kier molecular flexibility index (Phi) is 4.85. The highest BCUT2D eigenvalue weighted by molar-refractivity contribution is 7.19. The third-order valence-corrected chi connectivity index (χ3v) is 5.24. The molecule has 25 heavy (non-hydrogen) atoms. The summed E-state index contributed by atoms with van der Waals surface area (Å²) >= 11 is 1.50. The summed E-state index contributed by atoms with van der Waals surface area (Å²) in [6.45, 7) is 2.14. The van der Waals surface area contributed by atoms with Gasteiger partial charge in [-0.25, -0.2) is 4.98 Å². The molecule has 0 spiro atoms. The average molecular weight is 358 g/mol. The second-order valence-corrected chi connectivity index (χ2v) is 6.64. The maximum absolute atomic E-state index is 12.9. The number of hydrogen-bond donors (Lipinski definition) is 1. The van der Waals surface area contributed by atoms with Crippen LogP contribution in [0.25, 0.3) is 21.3 Å². The van der Waals surface area contributed by atoms with Crippen LogP contribution in [-0.2, 0) is 17.8 Å². The van der Waals surface area contributed by atoms with E-state index < -0.39 is 5.97 Å². The Morgan fingerprint density at radius 1 is 1.40 bits per heavy atom. The van der Waals surface area contributed by atoms with Gasteiger partial charge in [0.1, 0.15) is 10.6 Å². The fraction of sp³-hybridized carbons (Fsp3) is 0.278. The van der Waals surface area contributed by atoms with Crippen LogP contribution in [0.3, 0.4) is 0 Å². The number of nitrogens with zero attached hydrogens (tertiary/aromatic N) is 2. The lowest BCUT2D eigenvalue weighted by atomic mass is 10.0. The normalized spacial score (nSPS) is 11.0. The van der Waals surface area contributed by atoms with E-state index in [1.54, 1.807) is 7.11 Å². The van der Waals surface area contributed by atoms with E-state index in [1.807, 2.05) is 31.2 Å². The molecular weight excluding hydrogens is 340 g/mol. The number of aliphatic carboxylic acids is 1. The average Bonchev–Trinajstić information content (AvgIpc) is 3.00. The maximum atomic E-state index is 12.9. The molecule has 0 saturated carbocycles. The number of carboxylic acids is 1. The first-order valence-corrected chi connectivity index (χ1v) is 8.73. The number of aromatic nitrogens is 2. The first kappa shape index (κ1) is 17.2. The van der Waals surface area contributed by atoms with Crippen LogP contribution >= 0.6 is 11.3 Å². The molecule has 6 nitrogen and oxygen atoms in total. The number of aryl methyl sites for hydroxylation is 2. The molecule has 7 heteroatoms. The summed E-state index contributed by atoms with van der Waals surface area (Å²) in [5.41, 5.74) is 1.56. The number of rotatable bonds is 6. The number of ether oxygens (including phenoxy) is 1. The van der Waals surface area contributed by atoms with Crippen molar-refractivity contribution in [2.45, 2.75) is 26.3 Å². The number of hydrogen-bond acceptors (Lipinski definition) is 5. The third-order valence-electron chi connectivity index (χ3n) is 4.00. The summed E-state index contributed by atoms with van der Waals surface area (Å²) < 4.78 is 6.66. The minimum Gasteiger partial charge on any atom is -0.497 e. The van der Waals surface area contributed by atoms with Gasteiger partial charge in [0.05, 0.1) is 25.2 Å². The molecule has 0 saturated heterocycles. The number of benzene rings is 1. The van der Waals surface area contributed by atoms with Gasteiger partial charge in [-0.3, -0.25) is 14.2 Å². The summed E-state index contributed by atoms with van der Waals surface area (Å²) in [5, 5.41) is 9.41. The van der Waals surface area contributed by atoms with Crippen molar-refractivity contribution in [2.24, 2.45) is 0 Å². The standard InChI is InChI=1S/C18H18N2O4S/c1-3-13-15(11-5-4-6-12(9-11)24-2)16-17(25-13)19-10-20(18(16)23)8-7-14(21)22/h4-6,9-10H,3,7-8H2,1-2H3,(H,21,22). The van der Waals surface area contributed by atoms with Gasteiger partial charge in [-0.2, -0.15) is 0 Å². The Balaban J connectivity index is 2.23. The van der Waals surface area contributed by atoms with Gasteiger partial charge in [0.15, 0.2) is 0 Å². The van der Waals surface area contributed by atoms with Crippen molar-refractivity contribution in [1.82, 2.24) is 9.55 Å². The van der Waals surface area contributed by atoms with Crippen molar-refractivity contribution in [3.05, 3.63) is 45.8 Å². The second kappa shape index (κ2) is 7.06. The van der Waals surface area contributed by atoms with Crippen LogP contribution in [-0.4, -0.2) is 27.7 Å². The molecule has 0 atom stereocenters. The number of fused-ring (bicyclic) bond motifs is 1. The highest BCUT2D eigenvalue weighted by Crippen LogP contribution is 2.37. The van der Waals surface area contributed by atoms with Gasteiger partial charge >= 0.3 is 5.97 Å². The molecule has 0 fully saturated rings. The maximum Gasteiger partial charge on any atom is 0.305 e. The lowest BCUT2D eigenvalue weighted by molar-refractivity contribution is -0.137. The smallest absolute Gasteiger partial charge is 0.305 e. The van der Waals surface area contributed by atoms with Crippen LogP contribution in [0.2, 0.25) is 0 Å². The minimum absolute atomic E-state index is 0.103. The van der Waals surface area contributed by atoms with Gasteiger partial charge in [-0.1, -0.05) is 19.1 Å². The van der Waals surface area contributed by atoms with E-state index >= 15 is 0 Å². The van der Waals surface area contributed by atoms with Crippen molar-refractivity contribution in [1.29, 1.82) is 0 Å². The minimum atomic E-state index is -0.945. The lowest BCUT2D eigenvalue weighted by Crippen LogP contribution is -2.21. The number of carboxylic acid groups (broad SMARTS) is 1. The highest BCUT2D eigenvalue weighted by atomic mass is 32.1. The molecule has 1 N–H and O–H groups in total. The molecule has 0 unspecified atom stereocenters. The van der Waals surface area contributed by atoms with Gasteiger partial charge in [-0.15, -0.1) is 11.3 Å². The van der Waals surface area contributed by atoms with E-state index in [1.165, 1.54) is 22.2 Å². The van der Waals surface area contributed by atoms with E-state index in [0.717, 1.165) is 22.4 Å². The zero-order chi connectivity index (χ0) is 18.0. The monoisotopic (exact) mass is 358 g/mol. The molecule has 2 aromatic heterocycles. The number of carbonyl (C=O) groups is 1. The Morgan fingerprint density at radius 3 is 2.88 bits per heavy atom. The topological polar surface area (TPSA) is 81.4 Å². The molecule has 3 rings (SSSR count). The van der Waals surface area contributed by atoms with Crippen LogP contribution in [0, 0.1) is 0 Å². The largest absolute Gasteiger partial charge is 0.497 e. The van der Waals surface area contributed by atoms with Crippen LogP contribution in [0.5, 0.6) is 5.75 Å². The van der Waals surface area contributed by atoms with Gasteiger partial charge in [0.2, 0.25) is 0 Å². The molecule has 130 valence electrons. The van der Waals surface area contributed by atoms with Crippen LogP contribution < -0.4 is 10.3 Å². The Hall–Kier alpha value is -2.67. The Labute approximate surface area is 148 Å². The van der Waals surface area contributed by atoms with Crippen LogP contribution in [0.4, 0.5) is 0 Å². The first-order valence-electron chi connectivity index (χ1n) is 7.92. The molecular formula is C18H18N2O4S. The molecule has 0 amide bonds. The molecule has 0 radical (unpaired) electrons.